The zero-order chi connectivity index (χ0) is 10.7. The molecule has 1 aliphatic rings. The van der Waals surface area contributed by atoms with Crippen LogP contribution in [0.4, 0.5) is 0 Å². The third-order valence-corrected chi connectivity index (χ3v) is 3.29. The Balaban J connectivity index is 2.19. The molecule has 1 N–H and O–H groups in total. The summed E-state index contributed by atoms with van der Waals surface area (Å²) in [6.07, 6.45) is 3.95. The molecular weight excluding hydrogens is 182 g/mol. The van der Waals surface area contributed by atoms with Gasteiger partial charge in [0, 0.05) is 0 Å². The maximum Gasteiger partial charge on any atom is -0.00431 e. The van der Waals surface area contributed by atoms with E-state index in [1.807, 2.05) is 0 Å². The second-order valence-corrected chi connectivity index (χ2v) is 4.80. The summed E-state index contributed by atoms with van der Waals surface area (Å²) in [6, 6.07) is 6.99. The third-order valence-electron chi connectivity index (χ3n) is 3.29. The standard InChI is InChI=1S/C14H21N/c1-11-8-12(2)10-14(9-11)13-4-3-6-15-7-5-13/h8-10,13,15H,3-7H2,1-2H3. The average molecular weight is 203 g/mol. The maximum atomic E-state index is 3.48. The molecule has 0 spiro atoms. The Bertz CT molecular complexity index is 302. The van der Waals surface area contributed by atoms with E-state index >= 15 is 0 Å². The Morgan fingerprint density at radius 1 is 1.00 bits per heavy atom. The molecule has 1 aromatic carbocycles. The first-order valence-corrected chi connectivity index (χ1v) is 6.04. The molecular formula is C14H21N. The smallest absolute Gasteiger partial charge is 0.00431 e. The minimum atomic E-state index is 0.776. The maximum absolute atomic E-state index is 3.48. The molecule has 0 bridgehead atoms. The lowest BCUT2D eigenvalue weighted by Crippen LogP contribution is -2.13. The van der Waals surface area contributed by atoms with E-state index in [0.717, 1.165) is 5.92 Å². The summed E-state index contributed by atoms with van der Waals surface area (Å²) < 4.78 is 0. The van der Waals surface area contributed by atoms with Crippen molar-refractivity contribution in [3.63, 3.8) is 0 Å². The summed E-state index contributed by atoms with van der Waals surface area (Å²) in [5.41, 5.74) is 4.36. The largest absolute Gasteiger partial charge is 0.317 e. The molecule has 0 amide bonds. The lowest BCUT2D eigenvalue weighted by atomic mass is 9.90. The Labute approximate surface area is 92.9 Å². The van der Waals surface area contributed by atoms with Gasteiger partial charge in [-0.05, 0) is 57.7 Å². The number of hydrogen-bond donors (Lipinski definition) is 1. The van der Waals surface area contributed by atoms with Gasteiger partial charge in [-0.2, -0.15) is 0 Å². The minimum Gasteiger partial charge on any atom is -0.317 e. The fraction of sp³-hybridized carbons (Fsp3) is 0.571. The van der Waals surface area contributed by atoms with Gasteiger partial charge in [-0.25, -0.2) is 0 Å². The van der Waals surface area contributed by atoms with Crippen LogP contribution in [0.3, 0.4) is 0 Å². The summed E-state index contributed by atoms with van der Waals surface area (Å²) in [5.74, 6) is 0.776. The molecule has 1 heterocycles. The molecule has 1 atom stereocenters. The molecule has 15 heavy (non-hydrogen) atoms. The Kier molecular flexibility index (Phi) is 3.42. The van der Waals surface area contributed by atoms with Gasteiger partial charge in [0.25, 0.3) is 0 Å². The van der Waals surface area contributed by atoms with Crippen LogP contribution in [0.5, 0.6) is 0 Å². The van der Waals surface area contributed by atoms with Crippen molar-refractivity contribution in [2.75, 3.05) is 13.1 Å². The van der Waals surface area contributed by atoms with E-state index in [2.05, 4.69) is 37.4 Å². The van der Waals surface area contributed by atoms with Gasteiger partial charge >= 0.3 is 0 Å². The molecule has 0 saturated carbocycles. The highest BCUT2D eigenvalue weighted by Crippen LogP contribution is 2.27. The van der Waals surface area contributed by atoms with Crippen molar-refractivity contribution in [2.45, 2.75) is 39.0 Å². The van der Waals surface area contributed by atoms with Crippen LogP contribution < -0.4 is 5.32 Å². The highest BCUT2D eigenvalue weighted by atomic mass is 14.8. The summed E-state index contributed by atoms with van der Waals surface area (Å²) in [7, 11) is 0. The van der Waals surface area contributed by atoms with Crippen LogP contribution in [0.2, 0.25) is 0 Å². The van der Waals surface area contributed by atoms with Gasteiger partial charge in [-0.3, -0.25) is 0 Å². The van der Waals surface area contributed by atoms with Crippen LogP contribution in [0.15, 0.2) is 18.2 Å². The highest BCUT2D eigenvalue weighted by molar-refractivity contribution is 5.31. The van der Waals surface area contributed by atoms with Gasteiger partial charge in [-0.15, -0.1) is 0 Å². The topological polar surface area (TPSA) is 12.0 Å². The van der Waals surface area contributed by atoms with Crippen molar-refractivity contribution in [1.82, 2.24) is 5.32 Å². The van der Waals surface area contributed by atoms with Gasteiger partial charge < -0.3 is 5.32 Å². The Hall–Kier alpha value is -0.820. The van der Waals surface area contributed by atoms with Gasteiger partial charge in [0.2, 0.25) is 0 Å². The normalized spacial score (nSPS) is 22.4. The molecule has 1 fully saturated rings. The van der Waals surface area contributed by atoms with Gasteiger partial charge in [0.15, 0.2) is 0 Å². The van der Waals surface area contributed by atoms with Crippen molar-refractivity contribution >= 4 is 0 Å². The summed E-state index contributed by atoms with van der Waals surface area (Å²) in [5, 5.41) is 3.48. The van der Waals surface area contributed by atoms with E-state index in [9.17, 15) is 0 Å². The lowest BCUT2D eigenvalue weighted by Gasteiger charge is -2.15. The predicted octanol–water partition coefficient (Wildman–Crippen LogP) is 3.16. The van der Waals surface area contributed by atoms with Crippen molar-refractivity contribution < 1.29 is 0 Å². The van der Waals surface area contributed by atoms with E-state index in [4.69, 9.17) is 0 Å². The summed E-state index contributed by atoms with van der Waals surface area (Å²) in [4.78, 5) is 0. The molecule has 1 heteroatoms. The van der Waals surface area contributed by atoms with E-state index in [-0.39, 0.29) is 0 Å². The highest BCUT2D eigenvalue weighted by Gasteiger charge is 2.14. The quantitative estimate of drug-likeness (QED) is 0.739. The van der Waals surface area contributed by atoms with Crippen molar-refractivity contribution in [2.24, 2.45) is 0 Å². The molecule has 2 rings (SSSR count). The second kappa shape index (κ2) is 4.80. The zero-order valence-electron chi connectivity index (χ0n) is 9.84. The van der Waals surface area contributed by atoms with Crippen LogP contribution in [0.25, 0.3) is 0 Å². The Morgan fingerprint density at radius 3 is 2.47 bits per heavy atom. The fourth-order valence-corrected chi connectivity index (χ4v) is 2.60. The van der Waals surface area contributed by atoms with E-state index in [1.54, 1.807) is 5.56 Å². The monoisotopic (exact) mass is 203 g/mol. The van der Waals surface area contributed by atoms with E-state index < -0.39 is 0 Å². The summed E-state index contributed by atoms with van der Waals surface area (Å²) in [6.45, 7) is 6.77. The van der Waals surface area contributed by atoms with Crippen molar-refractivity contribution in [1.29, 1.82) is 0 Å². The molecule has 1 saturated heterocycles. The average Bonchev–Trinajstić information content (AvgIpc) is 2.43. The zero-order valence-corrected chi connectivity index (χ0v) is 9.84. The predicted molar refractivity (Wildman–Crippen MR) is 65.4 cm³/mol. The first-order chi connectivity index (χ1) is 7.25. The molecule has 82 valence electrons. The molecule has 0 radical (unpaired) electrons. The SMILES string of the molecule is Cc1cc(C)cc(C2CCCNCC2)c1. The van der Waals surface area contributed by atoms with Crippen molar-refractivity contribution in [3.8, 4) is 0 Å². The Morgan fingerprint density at radius 2 is 1.73 bits per heavy atom. The number of rotatable bonds is 1. The third kappa shape index (κ3) is 2.82. The molecule has 1 nitrogen and oxygen atoms in total. The number of benzene rings is 1. The number of hydrogen-bond acceptors (Lipinski definition) is 1. The first kappa shape index (κ1) is 10.7. The molecule has 1 aromatic rings. The van der Waals surface area contributed by atoms with Crippen LogP contribution in [-0.4, -0.2) is 13.1 Å². The van der Waals surface area contributed by atoms with Gasteiger partial charge in [0.05, 0.1) is 0 Å². The van der Waals surface area contributed by atoms with Crippen LogP contribution >= 0.6 is 0 Å². The first-order valence-electron chi connectivity index (χ1n) is 6.04. The van der Waals surface area contributed by atoms with Crippen LogP contribution in [0.1, 0.15) is 41.9 Å². The molecule has 1 aliphatic heterocycles. The van der Waals surface area contributed by atoms with Crippen molar-refractivity contribution in [3.05, 3.63) is 34.9 Å². The summed E-state index contributed by atoms with van der Waals surface area (Å²) >= 11 is 0. The minimum absolute atomic E-state index is 0.776. The van der Waals surface area contributed by atoms with Crippen LogP contribution in [0, 0.1) is 13.8 Å². The lowest BCUT2D eigenvalue weighted by molar-refractivity contribution is 0.609. The molecule has 0 aromatic heterocycles. The van der Waals surface area contributed by atoms with Gasteiger partial charge in [0.1, 0.15) is 0 Å². The number of aryl methyl sites for hydroxylation is 2. The fourth-order valence-electron chi connectivity index (χ4n) is 2.60. The molecule has 0 aliphatic carbocycles. The number of nitrogens with one attached hydrogen (secondary N) is 1. The molecule has 1 unspecified atom stereocenters. The van der Waals surface area contributed by atoms with E-state index in [0.29, 0.717) is 0 Å². The van der Waals surface area contributed by atoms with Crippen LogP contribution in [-0.2, 0) is 0 Å². The van der Waals surface area contributed by atoms with Gasteiger partial charge in [-0.1, -0.05) is 29.3 Å². The second-order valence-electron chi connectivity index (χ2n) is 4.80. The van der Waals surface area contributed by atoms with E-state index in [1.165, 1.54) is 43.5 Å².